The Hall–Kier alpha value is -1.98. The monoisotopic (exact) mass is 250 g/mol. The molecule has 2 amide bonds. The van der Waals surface area contributed by atoms with Crippen LogP contribution >= 0.6 is 0 Å². The largest absolute Gasteiger partial charge is 0.397 e. The number of likely N-dealkylation sites (tertiary alicyclic amines) is 1. The van der Waals surface area contributed by atoms with Gasteiger partial charge in [-0.2, -0.15) is 0 Å². The summed E-state index contributed by atoms with van der Waals surface area (Å²) in [6, 6.07) is 1.25. The number of amides is 2. The molecule has 2 heterocycles. The van der Waals surface area contributed by atoms with Crippen LogP contribution in [0.25, 0.3) is 0 Å². The summed E-state index contributed by atoms with van der Waals surface area (Å²) in [4.78, 5) is 30.2. The second-order valence-corrected chi connectivity index (χ2v) is 4.74. The van der Waals surface area contributed by atoms with E-state index in [1.807, 2.05) is 0 Å². The summed E-state index contributed by atoms with van der Waals surface area (Å²) in [7, 11) is 3.41. The number of anilines is 1. The highest BCUT2D eigenvalue weighted by Crippen LogP contribution is 2.21. The number of nitrogens with zero attached hydrogens (tertiary/aromatic N) is 2. The third-order valence-corrected chi connectivity index (χ3v) is 3.18. The van der Waals surface area contributed by atoms with E-state index in [1.54, 1.807) is 31.3 Å². The Morgan fingerprint density at radius 2 is 2.22 bits per heavy atom. The molecule has 0 saturated carbocycles. The molecular weight excluding hydrogens is 232 g/mol. The van der Waals surface area contributed by atoms with E-state index >= 15 is 0 Å². The molecule has 1 aromatic rings. The van der Waals surface area contributed by atoms with Crippen LogP contribution in [-0.2, 0) is 4.79 Å². The molecule has 2 rings (SSSR count). The smallest absolute Gasteiger partial charge is 0.271 e. The normalized spacial score (nSPS) is 19.0. The van der Waals surface area contributed by atoms with Gasteiger partial charge in [-0.25, -0.2) is 0 Å². The van der Waals surface area contributed by atoms with Crippen molar-refractivity contribution in [1.29, 1.82) is 0 Å². The van der Waals surface area contributed by atoms with E-state index in [4.69, 9.17) is 5.73 Å². The minimum atomic E-state index is -0.350. The molecule has 6 nitrogen and oxygen atoms in total. The number of nitrogen functional groups attached to an aromatic ring is 1. The number of carbonyl (C=O) groups excluding carboxylic acids is 2. The summed E-state index contributed by atoms with van der Waals surface area (Å²) < 4.78 is 0. The van der Waals surface area contributed by atoms with Gasteiger partial charge in [0.2, 0.25) is 5.91 Å². The zero-order valence-electron chi connectivity index (χ0n) is 10.6. The number of rotatable bonds is 2. The third kappa shape index (κ3) is 2.18. The van der Waals surface area contributed by atoms with Gasteiger partial charge in [0.05, 0.1) is 0 Å². The molecule has 0 bridgehead atoms. The lowest BCUT2D eigenvalue weighted by Crippen LogP contribution is -2.45. The molecule has 0 radical (unpaired) electrons. The van der Waals surface area contributed by atoms with Crippen LogP contribution in [0.15, 0.2) is 12.3 Å². The topological polar surface area (TPSA) is 82.4 Å². The first kappa shape index (κ1) is 12.5. The van der Waals surface area contributed by atoms with Crippen molar-refractivity contribution in [3.63, 3.8) is 0 Å². The molecule has 0 aromatic carbocycles. The third-order valence-electron chi connectivity index (χ3n) is 3.18. The molecule has 1 aliphatic rings. The van der Waals surface area contributed by atoms with Gasteiger partial charge in [-0.15, -0.1) is 0 Å². The van der Waals surface area contributed by atoms with E-state index in [0.29, 0.717) is 17.9 Å². The molecule has 1 aliphatic heterocycles. The van der Waals surface area contributed by atoms with Crippen molar-refractivity contribution in [3.8, 4) is 0 Å². The molecule has 1 fully saturated rings. The van der Waals surface area contributed by atoms with Crippen molar-refractivity contribution < 1.29 is 9.59 Å². The zero-order valence-corrected chi connectivity index (χ0v) is 10.6. The number of aromatic nitrogens is 1. The van der Waals surface area contributed by atoms with Gasteiger partial charge in [0.25, 0.3) is 5.91 Å². The molecule has 0 spiro atoms. The molecule has 1 atom stereocenters. The van der Waals surface area contributed by atoms with Crippen molar-refractivity contribution >= 4 is 17.5 Å². The van der Waals surface area contributed by atoms with Gasteiger partial charge in [0, 0.05) is 32.5 Å². The Kier molecular flexibility index (Phi) is 3.27. The fourth-order valence-electron chi connectivity index (χ4n) is 2.25. The summed E-state index contributed by atoms with van der Waals surface area (Å²) in [6.45, 7) is 0.613. The van der Waals surface area contributed by atoms with E-state index in [1.165, 1.54) is 4.90 Å². The Bertz CT molecular complexity index is 466. The summed E-state index contributed by atoms with van der Waals surface area (Å²) >= 11 is 0. The van der Waals surface area contributed by atoms with Crippen LogP contribution in [0.1, 0.15) is 23.3 Å². The fraction of sp³-hybridized carbons (Fsp3) is 0.500. The number of nitrogens with two attached hydrogens (primary N) is 1. The Morgan fingerprint density at radius 1 is 1.50 bits per heavy atom. The second kappa shape index (κ2) is 4.72. The van der Waals surface area contributed by atoms with Crippen LogP contribution in [0, 0.1) is 0 Å². The number of H-pyrrole nitrogens is 1. The first-order valence-corrected chi connectivity index (χ1v) is 5.96. The fourth-order valence-corrected chi connectivity index (χ4v) is 2.25. The van der Waals surface area contributed by atoms with Gasteiger partial charge < -0.3 is 20.5 Å². The number of hydrogen-bond acceptors (Lipinski definition) is 3. The molecule has 18 heavy (non-hydrogen) atoms. The lowest BCUT2D eigenvalue weighted by atomic mass is 10.2. The summed E-state index contributed by atoms with van der Waals surface area (Å²) in [5, 5.41) is 0. The maximum atomic E-state index is 12.3. The number of nitrogens with one attached hydrogen (secondary N) is 1. The summed E-state index contributed by atoms with van der Waals surface area (Å²) in [5.41, 5.74) is 6.54. The van der Waals surface area contributed by atoms with Gasteiger partial charge in [0.1, 0.15) is 11.7 Å². The average Bonchev–Trinajstić information content (AvgIpc) is 2.95. The average molecular weight is 250 g/mol. The molecule has 1 saturated heterocycles. The second-order valence-electron chi connectivity index (χ2n) is 4.74. The lowest BCUT2D eigenvalue weighted by molar-refractivity contribution is -0.132. The van der Waals surface area contributed by atoms with E-state index < -0.39 is 0 Å². The molecule has 6 heteroatoms. The minimum Gasteiger partial charge on any atom is -0.397 e. The van der Waals surface area contributed by atoms with Gasteiger partial charge >= 0.3 is 0 Å². The van der Waals surface area contributed by atoms with E-state index in [9.17, 15) is 9.59 Å². The maximum Gasteiger partial charge on any atom is 0.271 e. The Labute approximate surface area is 106 Å². The molecule has 3 N–H and O–H groups in total. The van der Waals surface area contributed by atoms with Crippen LogP contribution in [0.5, 0.6) is 0 Å². The highest BCUT2D eigenvalue weighted by Gasteiger charge is 2.35. The number of likely N-dealkylation sites (N-methyl/N-ethyl adjacent to an activating group) is 1. The number of aromatic amines is 1. The van der Waals surface area contributed by atoms with Crippen molar-refractivity contribution in [2.45, 2.75) is 18.9 Å². The molecule has 1 unspecified atom stereocenters. The number of carbonyl (C=O) groups is 2. The SMILES string of the molecule is CN(C)C(=O)C1CCCN1C(=O)c1cc(N)c[nH]1. The standard InChI is InChI=1S/C12H18N4O2/c1-15(2)12(18)10-4-3-5-16(10)11(17)9-6-8(13)7-14-9/h6-7,10,14H,3-5,13H2,1-2H3. The number of hydrogen-bond donors (Lipinski definition) is 2. The van der Waals surface area contributed by atoms with Crippen LogP contribution in [0.3, 0.4) is 0 Å². The van der Waals surface area contributed by atoms with Gasteiger partial charge in [-0.1, -0.05) is 0 Å². The van der Waals surface area contributed by atoms with Gasteiger partial charge in [0.15, 0.2) is 0 Å². The van der Waals surface area contributed by atoms with Crippen LogP contribution < -0.4 is 5.73 Å². The molecular formula is C12H18N4O2. The van der Waals surface area contributed by atoms with Crippen LogP contribution in [-0.4, -0.2) is 53.3 Å². The predicted molar refractivity (Wildman–Crippen MR) is 68.0 cm³/mol. The van der Waals surface area contributed by atoms with E-state index in [-0.39, 0.29) is 17.9 Å². The van der Waals surface area contributed by atoms with Gasteiger partial charge in [-0.05, 0) is 18.9 Å². The maximum absolute atomic E-state index is 12.3. The molecule has 0 aliphatic carbocycles. The van der Waals surface area contributed by atoms with Gasteiger partial charge in [-0.3, -0.25) is 9.59 Å². The van der Waals surface area contributed by atoms with Crippen LogP contribution in [0.2, 0.25) is 0 Å². The van der Waals surface area contributed by atoms with Crippen molar-refractivity contribution in [1.82, 2.24) is 14.8 Å². The Balaban J connectivity index is 2.17. The van der Waals surface area contributed by atoms with Crippen molar-refractivity contribution in [2.75, 3.05) is 26.4 Å². The lowest BCUT2D eigenvalue weighted by Gasteiger charge is -2.25. The van der Waals surface area contributed by atoms with E-state index in [0.717, 1.165) is 12.8 Å². The molecule has 98 valence electrons. The van der Waals surface area contributed by atoms with Crippen LogP contribution in [0.4, 0.5) is 5.69 Å². The predicted octanol–water partition coefficient (Wildman–Crippen LogP) is 0.290. The highest BCUT2D eigenvalue weighted by atomic mass is 16.2. The van der Waals surface area contributed by atoms with E-state index in [2.05, 4.69) is 4.98 Å². The summed E-state index contributed by atoms with van der Waals surface area (Å²) in [5.74, 6) is -0.190. The Morgan fingerprint density at radius 3 is 2.78 bits per heavy atom. The first-order valence-electron chi connectivity index (χ1n) is 5.96. The zero-order chi connectivity index (χ0) is 13.3. The molecule has 1 aromatic heterocycles. The first-order chi connectivity index (χ1) is 8.50. The highest BCUT2D eigenvalue weighted by molar-refractivity contribution is 5.97. The summed E-state index contributed by atoms with van der Waals surface area (Å²) in [6.07, 6.45) is 3.15. The minimum absolute atomic E-state index is 0.0274. The quantitative estimate of drug-likeness (QED) is 0.791. The van der Waals surface area contributed by atoms with Crippen molar-refractivity contribution in [3.05, 3.63) is 18.0 Å². The van der Waals surface area contributed by atoms with Crippen molar-refractivity contribution in [2.24, 2.45) is 0 Å².